The zero-order valence-electron chi connectivity index (χ0n) is 11.9. The maximum absolute atomic E-state index is 12.1. The van der Waals surface area contributed by atoms with Crippen LogP contribution in [0.25, 0.3) is 6.08 Å². The van der Waals surface area contributed by atoms with Gasteiger partial charge in [-0.2, -0.15) is 0 Å². The zero-order valence-corrected chi connectivity index (χ0v) is 11.9. The minimum Gasteiger partial charge on any atom is -0.289 e. The van der Waals surface area contributed by atoms with Crippen LogP contribution in [0.3, 0.4) is 0 Å². The van der Waals surface area contributed by atoms with Crippen molar-refractivity contribution in [2.24, 2.45) is 0 Å². The molecule has 21 heavy (non-hydrogen) atoms. The molecule has 0 saturated heterocycles. The number of hydrogen-bond acceptors (Lipinski definition) is 3. The number of carbonyl (C=O) groups is 1. The SMILES string of the molecule is Cc1ccc(C(=O)C=Cc2ccc([N+](=O)[O-])cc2)cc1C. The van der Waals surface area contributed by atoms with E-state index >= 15 is 0 Å². The summed E-state index contributed by atoms with van der Waals surface area (Å²) in [6, 6.07) is 11.6. The quantitative estimate of drug-likeness (QED) is 0.367. The van der Waals surface area contributed by atoms with Gasteiger partial charge in [0.1, 0.15) is 0 Å². The van der Waals surface area contributed by atoms with Crippen LogP contribution in [0.1, 0.15) is 27.0 Å². The van der Waals surface area contributed by atoms with Crippen molar-refractivity contribution in [3.8, 4) is 0 Å². The van der Waals surface area contributed by atoms with E-state index in [9.17, 15) is 14.9 Å². The Bertz CT molecular complexity index is 715. The van der Waals surface area contributed by atoms with Crippen molar-refractivity contribution in [2.75, 3.05) is 0 Å². The number of nitro groups is 1. The first-order valence-electron chi connectivity index (χ1n) is 6.51. The van der Waals surface area contributed by atoms with Crippen LogP contribution in [0.15, 0.2) is 48.5 Å². The number of nitrogens with zero attached hydrogens (tertiary/aromatic N) is 1. The summed E-state index contributed by atoms with van der Waals surface area (Å²) in [7, 11) is 0. The molecule has 0 spiro atoms. The van der Waals surface area contributed by atoms with Crippen molar-refractivity contribution in [1.29, 1.82) is 0 Å². The Morgan fingerprint density at radius 2 is 1.71 bits per heavy atom. The normalized spacial score (nSPS) is 10.8. The summed E-state index contributed by atoms with van der Waals surface area (Å²) in [6.45, 7) is 3.96. The Morgan fingerprint density at radius 1 is 1.05 bits per heavy atom. The molecule has 2 aromatic carbocycles. The molecule has 0 aliphatic rings. The lowest BCUT2D eigenvalue weighted by molar-refractivity contribution is -0.384. The highest BCUT2D eigenvalue weighted by Crippen LogP contribution is 2.14. The fraction of sp³-hybridized carbons (Fsp3) is 0.118. The smallest absolute Gasteiger partial charge is 0.269 e. The van der Waals surface area contributed by atoms with Gasteiger partial charge in [0.05, 0.1) is 4.92 Å². The summed E-state index contributed by atoms with van der Waals surface area (Å²) in [5, 5.41) is 10.6. The number of rotatable bonds is 4. The van der Waals surface area contributed by atoms with Gasteiger partial charge in [-0.3, -0.25) is 14.9 Å². The molecule has 2 aromatic rings. The lowest BCUT2D eigenvalue weighted by atomic mass is 10.0. The molecule has 0 bridgehead atoms. The fourth-order valence-electron chi connectivity index (χ4n) is 1.87. The molecule has 2 rings (SSSR count). The number of aryl methyl sites for hydroxylation is 2. The number of non-ortho nitro benzene ring substituents is 1. The zero-order chi connectivity index (χ0) is 15.4. The third kappa shape index (κ3) is 3.63. The number of hydrogen-bond donors (Lipinski definition) is 0. The number of benzene rings is 2. The average Bonchev–Trinajstić information content (AvgIpc) is 2.48. The van der Waals surface area contributed by atoms with E-state index in [1.54, 1.807) is 24.3 Å². The Morgan fingerprint density at radius 3 is 2.29 bits per heavy atom. The minimum atomic E-state index is -0.451. The van der Waals surface area contributed by atoms with Gasteiger partial charge in [-0.1, -0.05) is 18.2 Å². The van der Waals surface area contributed by atoms with E-state index in [2.05, 4.69) is 0 Å². The first kappa shape index (κ1) is 14.7. The number of nitro benzene ring substituents is 1. The Labute approximate surface area is 122 Å². The second-order valence-electron chi connectivity index (χ2n) is 4.85. The third-order valence-corrected chi connectivity index (χ3v) is 3.32. The van der Waals surface area contributed by atoms with Crippen LogP contribution < -0.4 is 0 Å². The third-order valence-electron chi connectivity index (χ3n) is 3.32. The Hall–Kier alpha value is -2.75. The van der Waals surface area contributed by atoms with Gasteiger partial charge in [0.15, 0.2) is 5.78 Å². The molecule has 0 aliphatic carbocycles. The van der Waals surface area contributed by atoms with E-state index in [4.69, 9.17) is 0 Å². The summed E-state index contributed by atoms with van der Waals surface area (Å²) < 4.78 is 0. The molecule has 4 nitrogen and oxygen atoms in total. The maximum Gasteiger partial charge on any atom is 0.269 e. The Kier molecular flexibility index (Phi) is 4.28. The van der Waals surface area contributed by atoms with Crippen LogP contribution in [0.2, 0.25) is 0 Å². The van der Waals surface area contributed by atoms with E-state index < -0.39 is 4.92 Å². The Balaban J connectivity index is 2.14. The summed E-state index contributed by atoms with van der Waals surface area (Å²) in [6.07, 6.45) is 3.13. The van der Waals surface area contributed by atoms with Crippen molar-refractivity contribution >= 4 is 17.5 Å². The van der Waals surface area contributed by atoms with Crippen LogP contribution in [0, 0.1) is 24.0 Å². The molecule has 0 amide bonds. The van der Waals surface area contributed by atoms with Gasteiger partial charge in [-0.05, 0) is 54.8 Å². The molecule has 0 heterocycles. The van der Waals surface area contributed by atoms with Crippen molar-refractivity contribution in [2.45, 2.75) is 13.8 Å². The van der Waals surface area contributed by atoms with E-state index in [0.29, 0.717) is 5.56 Å². The van der Waals surface area contributed by atoms with Crippen molar-refractivity contribution in [1.82, 2.24) is 0 Å². The van der Waals surface area contributed by atoms with Crippen LogP contribution in [0.4, 0.5) is 5.69 Å². The summed E-state index contributed by atoms with van der Waals surface area (Å²) in [5.74, 6) is -0.0866. The molecular weight excluding hydrogens is 266 g/mol. The van der Waals surface area contributed by atoms with Crippen LogP contribution in [-0.2, 0) is 0 Å². The average molecular weight is 281 g/mol. The molecule has 0 unspecified atom stereocenters. The monoisotopic (exact) mass is 281 g/mol. The van der Waals surface area contributed by atoms with Crippen molar-refractivity contribution < 1.29 is 9.72 Å². The first-order chi connectivity index (χ1) is 9.97. The van der Waals surface area contributed by atoms with Gasteiger partial charge in [-0.15, -0.1) is 0 Å². The molecule has 0 N–H and O–H groups in total. The predicted octanol–water partition coefficient (Wildman–Crippen LogP) is 4.11. The number of carbonyl (C=O) groups excluding carboxylic acids is 1. The van der Waals surface area contributed by atoms with Gasteiger partial charge in [0.25, 0.3) is 5.69 Å². The predicted molar refractivity (Wildman–Crippen MR) is 82.4 cm³/mol. The summed E-state index contributed by atoms with van der Waals surface area (Å²) >= 11 is 0. The fourth-order valence-corrected chi connectivity index (χ4v) is 1.87. The molecule has 0 aromatic heterocycles. The van der Waals surface area contributed by atoms with Crippen LogP contribution >= 0.6 is 0 Å². The first-order valence-corrected chi connectivity index (χ1v) is 6.51. The standard InChI is InChI=1S/C17H15NO3/c1-12-3-7-15(11-13(12)2)17(19)10-6-14-4-8-16(9-5-14)18(20)21/h3-11H,1-2H3. The lowest BCUT2D eigenvalue weighted by Crippen LogP contribution is -1.95. The van der Waals surface area contributed by atoms with E-state index in [1.165, 1.54) is 18.2 Å². The van der Waals surface area contributed by atoms with Crippen LogP contribution in [0.5, 0.6) is 0 Å². The largest absolute Gasteiger partial charge is 0.289 e. The number of ketones is 1. The van der Waals surface area contributed by atoms with Gasteiger partial charge in [0.2, 0.25) is 0 Å². The molecule has 4 heteroatoms. The van der Waals surface area contributed by atoms with Gasteiger partial charge in [-0.25, -0.2) is 0 Å². The second-order valence-corrected chi connectivity index (χ2v) is 4.85. The van der Waals surface area contributed by atoms with E-state index in [1.807, 2.05) is 26.0 Å². The topological polar surface area (TPSA) is 60.2 Å². The molecule has 0 saturated carbocycles. The molecule has 0 radical (unpaired) electrons. The summed E-state index contributed by atoms with van der Waals surface area (Å²) in [5.41, 5.74) is 3.64. The molecule has 0 aliphatic heterocycles. The lowest BCUT2D eigenvalue weighted by Gasteiger charge is -2.01. The highest BCUT2D eigenvalue weighted by molar-refractivity contribution is 6.06. The van der Waals surface area contributed by atoms with E-state index in [0.717, 1.165) is 16.7 Å². The highest BCUT2D eigenvalue weighted by Gasteiger charge is 2.04. The van der Waals surface area contributed by atoms with Crippen molar-refractivity contribution in [3.63, 3.8) is 0 Å². The minimum absolute atomic E-state index is 0.0348. The van der Waals surface area contributed by atoms with Gasteiger partial charge < -0.3 is 0 Å². The molecule has 106 valence electrons. The van der Waals surface area contributed by atoms with E-state index in [-0.39, 0.29) is 11.5 Å². The van der Waals surface area contributed by atoms with Crippen LogP contribution in [-0.4, -0.2) is 10.7 Å². The summed E-state index contributed by atoms with van der Waals surface area (Å²) in [4.78, 5) is 22.2. The van der Waals surface area contributed by atoms with Gasteiger partial charge >= 0.3 is 0 Å². The highest BCUT2D eigenvalue weighted by atomic mass is 16.6. The van der Waals surface area contributed by atoms with Crippen molar-refractivity contribution in [3.05, 3.63) is 80.9 Å². The maximum atomic E-state index is 12.1. The molecular formula is C17H15NO3. The molecule has 0 atom stereocenters. The second kappa shape index (κ2) is 6.13. The number of allylic oxidation sites excluding steroid dienone is 1. The molecule has 0 fully saturated rings. The van der Waals surface area contributed by atoms with Gasteiger partial charge in [0, 0.05) is 17.7 Å².